The van der Waals surface area contributed by atoms with E-state index in [9.17, 15) is 10.0 Å². The maximum absolute atomic E-state index is 9.40. The van der Waals surface area contributed by atoms with Crippen molar-refractivity contribution in [2.45, 2.75) is 32.2 Å². The van der Waals surface area contributed by atoms with Crippen molar-refractivity contribution in [1.29, 1.82) is 0 Å². The van der Waals surface area contributed by atoms with Gasteiger partial charge < -0.3 is 14.6 Å². The molecule has 98 valence electrons. The van der Waals surface area contributed by atoms with E-state index in [-0.39, 0.29) is 0 Å². The van der Waals surface area contributed by atoms with Crippen LogP contribution in [-0.2, 0) is 19.4 Å². The molecule has 0 aliphatic heterocycles. The molecular weight excluding hydrogens is 239 g/mol. The number of rotatable bonds is 3. The van der Waals surface area contributed by atoms with Gasteiger partial charge in [-0.15, -0.1) is 0 Å². The van der Waals surface area contributed by atoms with Crippen LogP contribution in [0.1, 0.15) is 29.8 Å². The van der Waals surface area contributed by atoms with Crippen molar-refractivity contribution in [3.8, 4) is 0 Å². The summed E-state index contributed by atoms with van der Waals surface area (Å²) in [6, 6.07) is 7.43. The van der Waals surface area contributed by atoms with Crippen LogP contribution < -0.4 is 5.46 Å². The second-order valence-corrected chi connectivity index (χ2v) is 5.05. The first-order valence-corrected chi connectivity index (χ1v) is 6.72. The largest absolute Gasteiger partial charge is 0.488 e. The van der Waals surface area contributed by atoms with Crippen LogP contribution in [0.5, 0.6) is 0 Å². The summed E-state index contributed by atoms with van der Waals surface area (Å²) in [6.45, 7) is 0.649. The van der Waals surface area contributed by atoms with Gasteiger partial charge in [0, 0.05) is 12.2 Å². The van der Waals surface area contributed by atoms with Gasteiger partial charge in [-0.1, -0.05) is 24.3 Å². The van der Waals surface area contributed by atoms with Crippen LogP contribution in [-0.4, -0.2) is 26.7 Å². The minimum atomic E-state index is -1.42. The van der Waals surface area contributed by atoms with E-state index in [4.69, 9.17) is 0 Å². The minimum absolute atomic E-state index is 0.570. The smallest absolute Gasteiger partial charge is 0.423 e. The molecule has 0 spiro atoms. The number of imidazole rings is 1. The number of fused-ring (bicyclic) bond motifs is 1. The molecule has 0 amide bonds. The predicted octanol–water partition coefficient (Wildman–Crippen LogP) is 0.490. The Bertz CT molecular complexity index is 581. The van der Waals surface area contributed by atoms with Gasteiger partial charge in [0.05, 0.1) is 12.0 Å². The number of aryl methyl sites for hydroxylation is 1. The third-order valence-corrected chi connectivity index (χ3v) is 3.78. The maximum atomic E-state index is 9.40. The van der Waals surface area contributed by atoms with Crippen LogP contribution in [0.25, 0.3) is 0 Å². The van der Waals surface area contributed by atoms with Crippen LogP contribution in [0, 0.1) is 0 Å². The van der Waals surface area contributed by atoms with Gasteiger partial charge in [-0.3, -0.25) is 0 Å². The molecule has 1 aliphatic carbocycles. The molecule has 0 atom stereocenters. The SMILES string of the molecule is OB(O)c1ccccc1Cn1cnc2c1CCCC2. The monoisotopic (exact) mass is 256 g/mol. The molecule has 1 aromatic heterocycles. The molecule has 0 saturated carbocycles. The topological polar surface area (TPSA) is 58.3 Å². The molecule has 3 rings (SSSR count). The molecule has 0 fully saturated rings. The summed E-state index contributed by atoms with van der Waals surface area (Å²) in [5, 5.41) is 18.8. The summed E-state index contributed by atoms with van der Waals surface area (Å²) in [5.74, 6) is 0. The number of nitrogens with zero attached hydrogens (tertiary/aromatic N) is 2. The highest BCUT2D eigenvalue weighted by molar-refractivity contribution is 6.59. The summed E-state index contributed by atoms with van der Waals surface area (Å²) >= 11 is 0. The molecule has 0 radical (unpaired) electrons. The summed E-state index contributed by atoms with van der Waals surface area (Å²) in [6.07, 6.45) is 6.43. The number of hydrogen-bond donors (Lipinski definition) is 2. The van der Waals surface area contributed by atoms with E-state index in [0.717, 1.165) is 18.4 Å². The number of aromatic nitrogens is 2. The van der Waals surface area contributed by atoms with Crippen LogP contribution in [0.2, 0.25) is 0 Å². The van der Waals surface area contributed by atoms with E-state index in [2.05, 4.69) is 9.55 Å². The summed E-state index contributed by atoms with van der Waals surface area (Å²) in [5.41, 5.74) is 4.01. The van der Waals surface area contributed by atoms with E-state index in [1.807, 2.05) is 24.5 Å². The molecule has 1 aliphatic rings. The summed E-state index contributed by atoms with van der Waals surface area (Å²) in [7, 11) is -1.42. The van der Waals surface area contributed by atoms with Gasteiger partial charge >= 0.3 is 7.12 Å². The van der Waals surface area contributed by atoms with Crippen molar-refractivity contribution in [2.75, 3.05) is 0 Å². The van der Waals surface area contributed by atoms with Crippen molar-refractivity contribution in [3.05, 3.63) is 47.5 Å². The van der Waals surface area contributed by atoms with Crippen LogP contribution in [0.4, 0.5) is 0 Å². The molecule has 0 saturated heterocycles. The molecule has 2 aromatic rings. The summed E-state index contributed by atoms with van der Waals surface area (Å²) in [4.78, 5) is 4.47. The molecule has 5 heteroatoms. The Balaban J connectivity index is 1.91. The first-order valence-electron chi connectivity index (χ1n) is 6.72. The van der Waals surface area contributed by atoms with Crippen LogP contribution in [0.15, 0.2) is 30.6 Å². The molecule has 1 heterocycles. The normalized spacial score (nSPS) is 14.2. The third-order valence-electron chi connectivity index (χ3n) is 3.78. The van der Waals surface area contributed by atoms with E-state index in [1.54, 1.807) is 6.07 Å². The Kier molecular flexibility index (Phi) is 3.40. The Morgan fingerprint density at radius 1 is 1.16 bits per heavy atom. The Morgan fingerprint density at radius 2 is 1.95 bits per heavy atom. The molecule has 0 unspecified atom stereocenters. The van der Waals surface area contributed by atoms with Gasteiger partial charge in [-0.25, -0.2) is 4.98 Å². The third kappa shape index (κ3) is 2.44. The lowest BCUT2D eigenvalue weighted by molar-refractivity contribution is 0.425. The van der Waals surface area contributed by atoms with Gasteiger partial charge in [0.2, 0.25) is 0 Å². The predicted molar refractivity (Wildman–Crippen MR) is 74.2 cm³/mol. The maximum Gasteiger partial charge on any atom is 0.488 e. The zero-order chi connectivity index (χ0) is 13.2. The quantitative estimate of drug-likeness (QED) is 0.786. The van der Waals surface area contributed by atoms with Crippen molar-refractivity contribution in [3.63, 3.8) is 0 Å². The lowest BCUT2D eigenvalue weighted by atomic mass is 9.77. The van der Waals surface area contributed by atoms with E-state index in [1.165, 1.54) is 24.2 Å². The van der Waals surface area contributed by atoms with Gasteiger partial charge in [0.15, 0.2) is 0 Å². The average Bonchev–Trinajstić information content (AvgIpc) is 2.83. The van der Waals surface area contributed by atoms with E-state index >= 15 is 0 Å². The zero-order valence-electron chi connectivity index (χ0n) is 10.8. The van der Waals surface area contributed by atoms with Crippen LogP contribution in [0.3, 0.4) is 0 Å². The highest BCUT2D eigenvalue weighted by atomic mass is 16.4. The van der Waals surface area contributed by atoms with E-state index in [0.29, 0.717) is 12.0 Å². The first-order chi connectivity index (χ1) is 9.25. The Hall–Kier alpha value is -1.59. The minimum Gasteiger partial charge on any atom is -0.423 e. The van der Waals surface area contributed by atoms with Gasteiger partial charge in [0.25, 0.3) is 0 Å². The molecule has 4 nitrogen and oxygen atoms in total. The number of hydrogen-bond acceptors (Lipinski definition) is 3. The lowest BCUT2D eigenvalue weighted by Gasteiger charge is -2.15. The van der Waals surface area contributed by atoms with Crippen LogP contribution >= 0.6 is 0 Å². The van der Waals surface area contributed by atoms with Crippen molar-refractivity contribution >= 4 is 12.6 Å². The van der Waals surface area contributed by atoms with Gasteiger partial charge in [-0.05, 0) is 36.7 Å². The van der Waals surface area contributed by atoms with Crippen molar-refractivity contribution < 1.29 is 10.0 Å². The fraction of sp³-hybridized carbons (Fsp3) is 0.357. The lowest BCUT2D eigenvalue weighted by Crippen LogP contribution is -2.33. The molecule has 1 aromatic carbocycles. The molecule has 2 N–H and O–H groups in total. The van der Waals surface area contributed by atoms with Crippen molar-refractivity contribution in [1.82, 2.24) is 9.55 Å². The highest BCUT2D eigenvalue weighted by Gasteiger charge is 2.18. The standard InChI is InChI=1S/C14H17BN2O2/c18-15(19)12-6-2-1-5-11(12)9-17-10-16-13-7-3-4-8-14(13)17/h1-2,5-6,10,18-19H,3-4,7-9H2. The van der Waals surface area contributed by atoms with Gasteiger partial charge in [-0.2, -0.15) is 0 Å². The average molecular weight is 256 g/mol. The highest BCUT2D eigenvalue weighted by Crippen LogP contribution is 2.20. The molecule has 19 heavy (non-hydrogen) atoms. The van der Waals surface area contributed by atoms with Crippen molar-refractivity contribution in [2.24, 2.45) is 0 Å². The zero-order valence-corrected chi connectivity index (χ0v) is 10.8. The molecular formula is C14H17BN2O2. The molecule has 0 bridgehead atoms. The fourth-order valence-electron chi connectivity index (χ4n) is 2.78. The second kappa shape index (κ2) is 5.19. The Morgan fingerprint density at radius 3 is 2.79 bits per heavy atom. The Labute approximate surface area is 112 Å². The second-order valence-electron chi connectivity index (χ2n) is 5.05. The number of benzene rings is 1. The van der Waals surface area contributed by atoms with E-state index < -0.39 is 7.12 Å². The first kappa shape index (κ1) is 12.4. The fourth-order valence-corrected chi connectivity index (χ4v) is 2.78. The summed E-state index contributed by atoms with van der Waals surface area (Å²) < 4.78 is 2.13. The van der Waals surface area contributed by atoms with Gasteiger partial charge in [0.1, 0.15) is 0 Å².